The summed E-state index contributed by atoms with van der Waals surface area (Å²) >= 11 is 0. The van der Waals surface area contributed by atoms with Crippen LogP contribution in [0.2, 0.25) is 0 Å². The Labute approximate surface area is 116 Å². The van der Waals surface area contributed by atoms with Crippen molar-refractivity contribution < 1.29 is 0 Å². The number of hydrogen-bond donors (Lipinski definition) is 2. The molecule has 1 aromatic rings. The summed E-state index contributed by atoms with van der Waals surface area (Å²) in [4.78, 5) is 11.0. The third kappa shape index (κ3) is 7.41. The molecule has 1 heterocycles. The molecule has 0 unspecified atom stereocenters. The van der Waals surface area contributed by atoms with Gasteiger partial charge in [0.1, 0.15) is 0 Å². The van der Waals surface area contributed by atoms with Crippen LogP contribution in [0.5, 0.6) is 0 Å². The molecule has 0 spiro atoms. The maximum atomic E-state index is 4.52. The molecule has 0 aliphatic carbocycles. The minimum Gasteiger partial charge on any atom is -0.357 e. The molecule has 5 nitrogen and oxygen atoms in total. The van der Waals surface area contributed by atoms with Crippen LogP contribution in [0.3, 0.4) is 0 Å². The van der Waals surface area contributed by atoms with Gasteiger partial charge in [-0.15, -0.1) is 0 Å². The van der Waals surface area contributed by atoms with E-state index in [9.17, 15) is 0 Å². The van der Waals surface area contributed by atoms with E-state index in [1.165, 1.54) is 0 Å². The minimum atomic E-state index is 0.601. The van der Waals surface area contributed by atoms with Gasteiger partial charge in [0, 0.05) is 19.3 Å². The van der Waals surface area contributed by atoms with E-state index in [0.717, 1.165) is 37.7 Å². The van der Waals surface area contributed by atoms with E-state index in [0.29, 0.717) is 6.54 Å². The van der Waals surface area contributed by atoms with Crippen molar-refractivity contribution in [1.82, 2.24) is 20.5 Å². The summed E-state index contributed by atoms with van der Waals surface area (Å²) in [6.07, 6.45) is 2.89. The number of rotatable bonds is 7. The van der Waals surface area contributed by atoms with Gasteiger partial charge in [-0.1, -0.05) is 6.07 Å². The first kappa shape index (κ1) is 15.4. The standard InChI is InChI=1S/C14H25N5/c1-4-15-14(17-10-7-11-19(2)3)18-12-13-8-5-6-9-16-13/h5-6,8-9H,4,7,10-12H2,1-3H3,(H2,15,17,18). The Morgan fingerprint density at radius 3 is 2.79 bits per heavy atom. The fourth-order valence-electron chi connectivity index (χ4n) is 1.60. The first-order chi connectivity index (χ1) is 9.22. The van der Waals surface area contributed by atoms with E-state index in [1.54, 1.807) is 6.20 Å². The first-order valence-corrected chi connectivity index (χ1v) is 6.79. The Hall–Kier alpha value is -1.62. The molecule has 0 atom stereocenters. The lowest BCUT2D eigenvalue weighted by Crippen LogP contribution is -2.38. The minimum absolute atomic E-state index is 0.601. The zero-order valence-corrected chi connectivity index (χ0v) is 12.2. The number of aliphatic imine (C=N–C) groups is 1. The van der Waals surface area contributed by atoms with Crippen LogP contribution < -0.4 is 10.6 Å². The van der Waals surface area contributed by atoms with Crippen molar-refractivity contribution in [3.8, 4) is 0 Å². The van der Waals surface area contributed by atoms with Gasteiger partial charge in [-0.3, -0.25) is 4.98 Å². The quantitative estimate of drug-likeness (QED) is 0.439. The molecule has 0 radical (unpaired) electrons. The molecule has 19 heavy (non-hydrogen) atoms. The van der Waals surface area contributed by atoms with Crippen LogP contribution in [0.4, 0.5) is 0 Å². The van der Waals surface area contributed by atoms with Gasteiger partial charge in [-0.25, -0.2) is 4.99 Å². The highest BCUT2D eigenvalue weighted by atomic mass is 15.2. The zero-order valence-electron chi connectivity index (χ0n) is 12.2. The number of hydrogen-bond acceptors (Lipinski definition) is 3. The highest BCUT2D eigenvalue weighted by Crippen LogP contribution is 1.95. The molecular formula is C14H25N5. The Kier molecular flexibility index (Phi) is 7.58. The molecule has 1 aromatic heterocycles. The predicted octanol–water partition coefficient (Wildman–Crippen LogP) is 1.09. The van der Waals surface area contributed by atoms with Gasteiger partial charge >= 0.3 is 0 Å². The molecule has 0 bridgehead atoms. The molecule has 1 rings (SSSR count). The number of nitrogens with zero attached hydrogens (tertiary/aromatic N) is 3. The van der Waals surface area contributed by atoms with E-state index in [2.05, 4.69) is 46.5 Å². The van der Waals surface area contributed by atoms with Crippen molar-refractivity contribution >= 4 is 5.96 Å². The van der Waals surface area contributed by atoms with E-state index in [-0.39, 0.29) is 0 Å². The summed E-state index contributed by atoms with van der Waals surface area (Å²) in [6, 6.07) is 5.88. The second-order valence-corrected chi connectivity index (χ2v) is 4.60. The lowest BCUT2D eigenvalue weighted by molar-refractivity contribution is 0.399. The Balaban J connectivity index is 2.38. The zero-order chi connectivity index (χ0) is 13.9. The van der Waals surface area contributed by atoms with Gasteiger partial charge in [0.2, 0.25) is 0 Å². The molecule has 0 aliphatic rings. The van der Waals surface area contributed by atoms with Gasteiger partial charge in [0.05, 0.1) is 12.2 Å². The average Bonchev–Trinajstić information content (AvgIpc) is 2.41. The Morgan fingerprint density at radius 1 is 1.32 bits per heavy atom. The lowest BCUT2D eigenvalue weighted by Gasteiger charge is -2.13. The van der Waals surface area contributed by atoms with Crippen molar-refractivity contribution in [2.45, 2.75) is 19.9 Å². The smallest absolute Gasteiger partial charge is 0.191 e. The van der Waals surface area contributed by atoms with Gasteiger partial charge in [-0.2, -0.15) is 0 Å². The highest BCUT2D eigenvalue weighted by molar-refractivity contribution is 5.79. The second kappa shape index (κ2) is 9.33. The van der Waals surface area contributed by atoms with E-state index in [4.69, 9.17) is 0 Å². The average molecular weight is 263 g/mol. The number of pyridine rings is 1. The van der Waals surface area contributed by atoms with Crippen LogP contribution in [0.15, 0.2) is 29.4 Å². The topological polar surface area (TPSA) is 52.6 Å². The van der Waals surface area contributed by atoms with Gasteiger partial charge in [0.25, 0.3) is 0 Å². The van der Waals surface area contributed by atoms with Crippen molar-refractivity contribution in [2.75, 3.05) is 33.7 Å². The maximum absolute atomic E-state index is 4.52. The van der Waals surface area contributed by atoms with Gasteiger partial charge < -0.3 is 15.5 Å². The van der Waals surface area contributed by atoms with Crippen LogP contribution in [0.25, 0.3) is 0 Å². The van der Waals surface area contributed by atoms with Crippen molar-refractivity contribution in [1.29, 1.82) is 0 Å². The van der Waals surface area contributed by atoms with Crippen LogP contribution >= 0.6 is 0 Å². The number of guanidine groups is 1. The first-order valence-electron chi connectivity index (χ1n) is 6.79. The number of aromatic nitrogens is 1. The van der Waals surface area contributed by atoms with Gasteiger partial charge in [-0.05, 0) is 46.1 Å². The fourth-order valence-corrected chi connectivity index (χ4v) is 1.60. The van der Waals surface area contributed by atoms with Crippen molar-refractivity contribution in [2.24, 2.45) is 4.99 Å². The van der Waals surface area contributed by atoms with E-state index >= 15 is 0 Å². The van der Waals surface area contributed by atoms with E-state index in [1.807, 2.05) is 18.2 Å². The molecule has 0 fully saturated rings. The lowest BCUT2D eigenvalue weighted by atomic mass is 10.3. The summed E-state index contributed by atoms with van der Waals surface area (Å²) in [6.45, 7) is 5.53. The predicted molar refractivity (Wildman–Crippen MR) is 80.2 cm³/mol. The molecule has 0 aliphatic heterocycles. The summed E-state index contributed by atoms with van der Waals surface area (Å²) in [5.74, 6) is 0.854. The van der Waals surface area contributed by atoms with Crippen molar-refractivity contribution in [3.63, 3.8) is 0 Å². The molecule has 0 saturated heterocycles. The van der Waals surface area contributed by atoms with Gasteiger partial charge in [0.15, 0.2) is 5.96 Å². The molecule has 0 aromatic carbocycles. The summed E-state index contributed by atoms with van der Waals surface area (Å²) in [7, 11) is 4.17. The monoisotopic (exact) mass is 263 g/mol. The third-order valence-corrected chi connectivity index (χ3v) is 2.54. The molecular weight excluding hydrogens is 238 g/mol. The summed E-state index contributed by atoms with van der Waals surface area (Å²) in [5.41, 5.74) is 0.980. The molecule has 0 saturated carbocycles. The van der Waals surface area contributed by atoms with Crippen molar-refractivity contribution in [3.05, 3.63) is 30.1 Å². The molecule has 2 N–H and O–H groups in total. The summed E-state index contributed by atoms with van der Waals surface area (Å²) in [5, 5.41) is 6.57. The van der Waals surface area contributed by atoms with Crippen LogP contribution in [-0.2, 0) is 6.54 Å². The van der Waals surface area contributed by atoms with Crippen LogP contribution in [0.1, 0.15) is 19.0 Å². The molecule has 5 heteroatoms. The SMILES string of the molecule is CCNC(=NCc1ccccn1)NCCCN(C)C. The normalized spacial score (nSPS) is 11.7. The van der Waals surface area contributed by atoms with E-state index < -0.39 is 0 Å². The Bertz CT molecular complexity index is 361. The Morgan fingerprint density at radius 2 is 2.16 bits per heavy atom. The van der Waals surface area contributed by atoms with Crippen LogP contribution in [0, 0.1) is 0 Å². The third-order valence-electron chi connectivity index (χ3n) is 2.54. The number of nitrogens with one attached hydrogen (secondary N) is 2. The summed E-state index contributed by atoms with van der Waals surface area (Å²) < 4.78 is 0. The fraction of sp³-hybridized carbons (Fsp3) is 0.571. The second-order valence-electron chi connectivity index (χ2n) is 4.60. The molecule has 0 amide bonds. The molecule has 106 valence electrons. The van der Waals surface area contributed by atoms with Crippen LogP contribution in [-0.4, -0.2) is 49.6 Å². The maximum Gasteiger partial charge on any atom is 0.191 e. The highest BCUT2D eigenvalue weighted by Gasteiger charge is 1.98. The largest absolute Gasteiger partial charge is 0.357 e.